The molecule has 0 unspecified atom stereocenters. The first kappa shape index (κ1) is 11.0. The number of carbonyl (C=O) groups is 1. The van der Waals surface area contributed by atoms with Gasteiger partial charge in [-0.25, -0.2) is 14.8 Å². The fourth-order valence-electron chi connectivity index (χ4n) is 0.893. The molecular formula is C10H11N3O2. The van der Waals surface area contributed by atoms with Gasteiger partial charge in [0.2, 0.25) is 0 Å². The third-order valence-corrected chi connectivity index (χ3v) is 1.60. The molecular weight excluding hydrogens is 194 g/mol. The molecule has 0 aromatic carbocycles. The van der Waals surface area contributed by atoms with Gasteiger partial charge < -0.3 is 10.1 Å². The number of ether oxygens (including phenoxy) is 1. The van der Waals surface area contributed by atoms with Crippen LogP contribution in [0, 0.1) is 11.8 Å². The number of hydrogen-bond acceptors (Lipinski definition) is 5. The molecule has 0 atom stereocenters. The Hall–Kier alpha value is -2.09. The van der Waals surface area contributed by atoms with E-state index in [1.54, 1.807) is 6.92 Å². The molecule has 78 valence electrons. The van der Waals surface area contributed by atoms with Crippen molar-refractivity contribution in [2.45, 2.75) is 6.92 Å². The van der Waals surface area contributed by atoms with Gasteiger partial charge in [-0.2, -0.15) is 0 Å². The van der Waals surface area contributed by atoms with Crippen molar-refractivity contribution in [3.05, 3.63) is 18.1 Å². The van der Waals surface area contributed by atoms with E-state index in [-0.39, 0.29) is 5.69 Å². The predicted octanol–water partition coefficient (Wildman–Crippen LogP) is 0.698. The van der Waals surface area contributed by atoms with E-state index in [0.29, 0.717) is 12.4 Å². The average molecular weight is 205 g/mol. The smallest absolute Gasteiger partial charge is 0.356 e. The van der Waals surface area contributed by atoms with E-state index in [4.69, 9.17) is 0 Å². The average Bonchev–Trinajstić information content (AvgIpc) is 2.29. The van der Waals surface area contributed by atoms with Crippen molar-refractivity contribution in [2.24, 2.45) is 0 Å². The zero-order valence-electron chi connectivity index (χ0n) is 8.57. The Morgan fingerprint density at radius 2 is 2.40 bits per heavy atom. The van der Waals surface area contributed by atoms with Gasteiger partial charge >= 0.3 is 5.97 Å². The van der Waals surface area contributed by atoms with E-state index >= 15 is 0 Å². The topological polar surface area (TPSA) is 64.1 Å². The summed E-state index contributed by atoms with van der Waals surface area (Å²) in [4.78, 5) is 18.8. The molecule has 5 nitrogen and oxygen atoms in total. The van der Waals surface area contributed by atoms with Gasteiger partial charge in [-0.15, -0.1) is 5.92 Å². The molecule has 0 saturated heterocycles. The highest BCUT2D eigenvalue weighted by Gasteiger charge is 2.07. The zero-order valence-corrected chi connectivity index (χ0v) is 8.57. The minimum atomic E-state index is -0.484. The van der Waals surface area contributed by atoms with Crippen molar-refractivity contribution in [2.75, 3.05) is 19.0 Å². The lowest BCUT2D eigenvalue weighted by atomic mass is 10.4. The molecule has 0 radical (unpaired) electrons. The summed E-state index contributed by atoms with van der Waals surface area (Å²) in [5.74, 6) is 5.63. The first-order chi connectivity index (χ1) is 7.27. The highest BCUT2D eigenvalue weighted by molar-refractivity contribution is 5.87. The molecule has 15 heavy (non-hydrogen) atoms. The lowest BCUT2D eigenvalue weighted by molar-refractivity contribution is 0.0594. The van der Waals surface area contributed by atoms with Crippen LogP contribution in [-0.4, -0.2) is 29.6 Å². The summed E-state index contributed by atoms with van der Waals surface area (Å²) in [6.45, 7) is 2.23. The summed E-state index contributed by atoms with van der Waals surface area (Å²) in [6.07, 6.45) is 1.30. The summed E-state index contributed by atoms with van der Waals surface area (Å²) in [5, 5.41) is 2.93. The molecule has 0 amide bonds. The Morgan fingerprint density at radius 3 is 3.07 bits per heavy atom. The number of aromatic nitrogens is 2. The van der Waals surface area contributed by atoms with Gasteiger partial charge in [-0.05, 0) is 6.92 Å². The van der Waals surface area contributed by atoms with Crippen LogP contribution in [0.5, 0.6) is 0 Å². The highest BCUT2D eigenvalue weighted by Crippen LogP contribution is 2.04. The van der Waals surface area contributed by atoms with E-state index in [1.165, 1.54) is 19.5 Å². The van der Waals surface area contributed by atoms with Crippen molar-refractivity contribution < 1.29 is 9.53 Å². The predicted molar refractivity (Wildman–Crippen MR) is 55.3 cm³/mol. The number of carbonyl (C=O) groups excluding carboxylic acids is 1. The Bertz CT molecular complexity index is 407. The van der Waals surface area contributed by atoms with E-state index in [9.17, 15) is 4.79 Å². The maximum Gasteiger partial charge on any atom is 0.356 e. The van der Waals surface area contributed by atoms with Crippen LogP contribution in [0.15, 0.2) is 12.4 Å². The quantitative estimate of drug-likeness (QED) is 0.581. The normalized spacial score (nSPS) is 8.67. The fraction of sp³-hybridized carbons (Fsp3) is 0.300. The van der Waals surface area contributed by atoms with Crippen LogP contribution >= 0.6 is 0 Å². The van der Waals surface area contributed by atoms with Crippen LogP contribution in [0.1, 0.15) is 17.4 Å². The van der Waals surface area contributed by atoms with Crippen LogP contribution in [0.3, 0.4) is 0 Å². The number of hydrogen-bond donors (Lipinski definition) is 1. The van der Waals surface area contributed by atoms with Gasteiger partial charge in [0.05, 0.1) is 13.7 Å². The molecule has 0 aliphatic rings. The number of esters is 1. The molecule has 0 bridgehead atoms. The molecule has 0 fully saturated rings. The Morgan fingerprint density at radius 1 is 1.60 bits per heavy atom. The molecule has 0 aliphatic heterocycles. The van der Waals surface area contributed by atoms with Crippen LogP contribution in [0.25, 0.3) is 0 Å². The maximum absolute atomic E-state index is 11.1. The van der Waals surface area contributed by atoms with Gasteiger partial charge in [-0.3, -0.25) is 0 Å². The van der Waals surface area contributed by atoms with Crippen molar-refractivity contribution in [1.29, 1.82) is 0 Å². The van der Waals surface area contributed by atoms with E-state index in [1.807, 2.05) is 0 Å². The van der Waals surface area contributed by atoms with E-state index in [2.05, 4.69) is 31.9 Å². The SMILES string of the molecule is CC#CCNc1cc(C(=O)OC)ncn1. The van der Waals surface area contributed by atoms with E-state index in [0.717, 1.165) is 0 Å². The van der Waals surface area contributed by atoms with Crippen molar-refractivity contribution in [1.82, 2.24) is 9.97 Å². The van der Waals surface area contributed by atoms with E-state index < -0.39 is 5.97 Å². The summed E-state index contributed by atoms with van der Waals surface area (Å²) < 4.78 is 4.53. The first-order valence-electron chi connectivity index (χ1n) is 4.31. The van der Waals surface area contributed by atoms with Gasteiger partial charge in [0, 0.05) is 6.07 Å². The molecule has 0 saturated carbocycles. The minimum absolute atomic E-state index is 0.222. The molecule has 0 aliphatic carbocycles. The monoisotopic (exact) mass is 205 g/mol. The number of nitrogens with one attached hydrogen (secondary N) is 1. The van der Waals surface area contributed by atoms with Crippen molar-refractivity contribution in [3.63, 3.8) is 0 Å². The summed E-state index contributed by atoms with van der Waals surface area (Å²) in [6, 6.07) is 1.52. The molecule has 0 spiro atoms. The van der Waals surface area contributed by atoms with Crippen molar-refractivity contribution in [3.8, 4) is 11.8 Å². The van der Waals surface area contributed by atoms with Crippen LogP contribution in [0.2, 0.25) is 0 Å². The number of rotatable bonds is 3. The first-order valence-corrected chi connectivity index (χ1v) is 4.31. The molecule has 1 N–H and O–H groups in total. The maximum atomic E-state index is 11.1. The second-order valence-electron chi connectivity index (χ2n) is 2.56. The van der Waals surface area contributed by atoms with Gasteiger partial charge in [0.1, 0.15) is 12.1 Å². The van der Waals surface area contributed by atoms with Gasteiger partial charge in [0.25, 0.3) is 0 Å². The molecule has 1 heterocycles. The zero-order chi connectivity index (χ0) is 11.1. The van der Waals surface area contributed by atoms with Crippen LogP contribution < -0.4 is 5.32 Å². The fourth-order valence-corrected chi connectivity index (χ4v) is 0.893. The summed E-state index contributed by atoms with van der Waals surface area (Å²) >= 11 is 0. The Balaban J connectivity index is 2.72. The number of methoxy groups -OCH3 is 1. The molecule has 1 aromatic rings. The largest absolute Gasteiger partial charge is 0.464 e. The molecule has 1 rings (SSSR count). The van der Waals surface area contributed by atoms with Gasteiger partial charge in [-0.1, -0.05) is 5.92 Å². The number of nitrogens with zero attached hydrogens (tertiary/aromatic N) is 2. The standard InChI is InChI=1S/C10H11N3O2/c1-3-4-5-11-9-6-8(10(14)15-2)12-7-13-9/h6-7H,5H2,1-2H3,(H,11,12,13). The minimum Gasteiger partial charge on any atom is -0.464 e. The third kappa shape index (κ3) is 3.27. The third-order valence-electron chi connectivity index (χ3n) is 1.60. The second kappa shape index (κ2) is 5.60. The van der Waals surface area contributed by atoms with Gasteiger partial charge in [0.15, 0.2) is 5.69 Å². The van der Waals surface area contributed by atoms with Crippen molar-refractivity contribution >= 4 is 11.8 Å². The molecule has 5 heteroatoms. The second-order valence-corrected chi connectivity index (χ2v) is 2.56. The number of anilines is 1. The lowest BCUT2D eigenvalue weighted by Gasteiger charge is -2.02. The molecule has 1 aromatic heterocycles. The van der Waals surface area contributed by atoms with Crippen LogP contribution in [-0.2, 0) is 4.74 Å². The Labute approximate surface area is 87.9 Å². The Kier molecular flexibility index (Phi) is 4.10. The summed E-state index contributed by atoms with van der Waals surface area (Å²) in [5.41, 5.74) is 0.222. The lowest BCUT2D eigenvalue weighted by Crippen LogP contribution is -2.07. The highest BCUT2D eigenvalue weighted by atomic mass is 16.5. The van der Waals surface area contributed by atoms with Crippen LogP contribution in [0.4, 0.5) is 5.82 Å². The summed E-state index contributed by atoms with van der Waals surface area (Å²) in [7, 11) is 1.31.